The van der Waals surface area contributed by atoms with Crippen molar-refractivity contribution in [1.29, 1.82) is 0 Å². The lowest BCUT2D eigenvalue weighted by molar-refractivity contribution is 0.588. The van der Waals surface area contributed by atoms with E-state index in [1.54, 1.807) is 0 Å². The van der Waals surface area contributed by atoms with Crippen molar-refractivity contribution in [3.8, 4) is 11.1 Å². The lowest BCUT2D eigenvalue weighted by atomic mass is 9.77. The second-order valence-electron chi connectivity index (χ2n) is 8.32. The van der Waals surface area contributed by atoms with Gasteiger partial charge in [-0.1, -0.05) is 90.1 Å². The summed E-state index contributed by atoms with van der Waals surface area (Å²) in [5.41, 5.74) is 8.31. The molecule has 2 rings (SSSR count). The monoisotopic (exact) mass is 346 g/mol. The molecule has 0 aromatic heterocycles. The minimum Gasteiger partial charge on any atom is -0.0871 e. The smallest absolute Gasteiger partial charge is 0.0125 e. The largest absolute Gasteiger partial charge is 0.0871 e. The summed E-state index contributed by atoms with van der Waals surface area (Å²) in [5, 5.41) is 0. The molecule has 0 atom stereocenters. The Kier molecular flexibility index (Phi) is 6.64. The summed E-state index contributed by atoms with van der Waals surface area (Å²) in [4.78, 5) is 0. The average Bonchev–Trinajstić information content (AvgIpc) is 2.60. The number of allylic oxidation sites excluding steroid dienone is 4. The van der Waals surface area contributed by atoms with E-state index in [-0.39, 0.29) is 5.41 Å². The first-order chi connectivity index (χ1) is 12.3. The quantitative estimate of drug-likeness (QED) is 0.479. The Morgan fingerprint density at radius 3 is 2.19 bits per heavy atom. The van der Waals surface area contributed by atoms with Crippen LogP contribution in [0.25, 0.3) is 16.7 Å². The molecule has 2 aromatic rings. The van der Waals surface area contributed by atoms with Gasteiger partial charge in [0, 0.05) is 0 Å². The van der Waals surface area contributed by atoms with Gasteiger partial charge in [0.05, 0.1) is 0 Å². The third-order valence-corrected chi connectivity index (χ3v) is 4.79. The van der Waals surface area contributed by atoms with E-state index in [1.807, 2.05) is 0 Å². The van der Waals surface area contributed by atoms with Crippen LogP contribution in [0.4, 0.5) is 0 Å². The van der Waals surface area contributed by atoms with Crippen molar-refractivity contribution in [2.75, 3.05) is 0 Å². The molecule has 0 unspecified atom stereocenters. The van der Waals surface area contributed by atoms with Gasteiger partial charge in [-0.15, -0.1) is 0 Å². The molecule has 138 valence electrons. The van der Waals surface area contributed by atoms with E-state index in [4.69, 9.17) is 0 Å². The molecule has 0 spiro atoms. The predicted molar refractivity (Wildman–Crippen MR) is 118 cm³/mol. The summed E-state index contributed by atoms with van der Waals surface area (Å²) in [7, 11) is 0. The van der Waals surface area contributed by atoms with Gasteiger partial charge in [-0.3, -0.25) is 0 Å². The van der Waals surface area contributed by atoms with Crippen LogP contribution in [-0.4, -0.2) is 0 Å². The highest BCUT2D eigenvalue weighted by Crippen LogP contribution is 2.39. The fourth-order valence-electron chi connectivity index (χ4n) is 3.49. The van der Waals surface area contributed by atoms with Crippen LogP contribution in [0, 0.1) is 0 Å². The van der Waals surface area contributed by atoms with Crippen molar-refractivity contribution in [1.82, 2.24) is 0 Å². The van der Waals surface area contributed by atoms with E-state index < -0.39 is 0 Å². The topological polar surface area (TPSA) is 0 Å². The molecule has 0 heteroatoms. The van der Waals surface area contributed by atoms with Crippen molar-refractivity contribution in [3.63, 3.8) is 0 Å². The molecule has 0 aliphatic carbocycles. The molecule has 0 amide bonds. The average molecular weight is 347 g/mol. The number of hydrogen-bond acceptors (Lipinski definition) is 0. The van der Waals surface area contributed by atoms with Gasteiger partial charge in [0.15, 0.2) is 0 Å². The standard InChI is InChI=1S/C26H34/c1-8-13-20(14-9-2)24-17-22(19(3)4)23(18-25(24)26(5,6)7)21-15-11-10-12-16-21/h8,10-19H,9H2,1-7H3/b13-8-,20-14+. The third kappa shape index (κ3) is 4.55. The lowest BCUT2D eigenvalue weighted by Gasteiger charge is -2.27. The molecule has 0 radical (unpaired) electrons. The minimum atomic E-state index is 0.0861. The predicted octanol–water partition coefficient (Wildman–Crippen LogP) is 8.14. The van der Waals surface area contributed by atoms with Crippen molar-refractivity contribution in [2.45, 2.75) is 66.2 Å². The highest BCUT2D eigenvalue weighted by Gasteiger charge is 2.23. The fourth-order valence-corrected chi connectivity index (χ4v) is 3.49. The summed E-state index contributed by atoms with van der Waals surface area (Å²) in [5.74, 6) is 0.478. The van der Waals surface area contributed by atoms with Crippen LogP contribution >= 0.6 is 0 Å². The summed E-state index contributed by atoms with van der Waals surface area (Å²) < 4.78 is 0. The first-order valence-corrected chi connectivity index (χ1v) is 9.86. The Labute approximate surface area is 160 Å². The van der Waals surface area contributed by atoms with E-state index in [0.29, 0.717) is 5.92 Å². The van der Waals surface area contributed by atoms with Gasteiger partial charge in [-0.05, 0) is 70.2 Å². The second-order valence-corrected chi connectivity index (χ2v) is 8.32. The minimum absolute atomic E-state index is 0.0861. The molecule has 0 N–H and O–H groups in total. The summed E-state index contributed by atoms with van der Waals surface area (Å²) in [6, 6.07) is 15.7. The molecule has 0 saturated heterocycles. The van der Waals surface area contributed by atoms with Gasteiger partial charge in [0.2, 0.25) is 0 Å². The van der Waals surface area contributed by atoms with Crippen LogP contribution in [0.5, 0.6) is 0 Å². The van der Waals surface area contributed by atoms with Gasteiger partial charge in [0.1, 0.15) is 0 Å². The van der Waals surface area contributed by atoms with E-state index in [0.717, 1.165) is 6.42 Å². The molecule has 0 nitrogen and oxygen atoms in total. The molecule has 0 bridgehead atoms. The lowest BCUT2D eigenvalue weighted by Crippen LogP contribution is -2.15. The Hall–Kier alpha value is -2.08. The Balaban J connectivity index is 2.85. The van der Waals surface area contributed by atoms with Crippen LogP contribution in [0.1, 0.15) is 77.5 Å². The molecule has 0 aliphatic heterocycles. The van der Waals surface area contributed by atoms with E-state index in [9.17, 15) is 0 Å². The number of benzene rings is 2. The van der Waals surface area contributed by atoms with Crippen molar-refractivity contribution >= 4 is 5.57 Å². The molecule has 2 aromatic carbocycles. The highest BCUT2D eigenvalue weighted by molar-refractivity contribution is 5.81. The van der Waals surface area contributed by atoms with Gasteiger partial charge < -0.3 is 0 Å². The summed E-state index contributed by atoms with van der Waals surface area (Å²) in [6.45, 7) is 15.8. The Morgan fingerprint density at radius 2 is 1.69 bits per heavy atom. The van der Waals surface area contributed by atoms with Gasteiger partial charge >= 0.3 is 0 Å². The molecule has 0 heterocycles. The normalized spacial score (nSPS) is 13.0. The zero-order valence-electron chi connectivity index (χ0n) is 17.6. The van der Waals surface area contributed by atoms with Crippen LogP contribution in [0.2, 0.25) is 0 Å². The second kappa shape index (κ2) is 8.54. The first-order valence-electron chi connectivity index (χ1n) is 9.86. The Morgan fingerprint density at radius 1 is 1.04 bits per heavy atom. The molecule has 26 heavy (non-hydrogen) atoms. The van der Waals surface area contributed by atoms with E-state index in [1.165, 1.54) is 33.4 Å². The molecule has 0 aliphatic rings. The SMILES string of the molecule is C/C=C\C(=C/CC)c1cc(C(C)C)c(-c2ccccc2)cc1C(C)(C)C. The van der Waals surface area contributed by atoms with Gasteiger partial charge in [0.25, 0.3) is 0 Å². The highest BCUT2D eigenvalue weighted by atomic mass is 14.3. The molecular weight excluding hydrogens is 312 g/mol. The van der Waals surface area contributed by atoms with Crippen LogP contribution < -0.4 is 0 Å². The van der Waals surface area contributed by atoms with Crippen molar-refractivity contribution in [3.05, 3.63) is 77.4 Å². The summed E-state index contributed by atoms with van der Waals surface area (Å²) in [6.07, 6.45) is 7.78. The Bertz CT molecular complexity index is 781. The van der Waals surface area contributed by atoms with E-state index >= 15 is 0 Å². The van der Waals surface area contributed by atoms with Gasteiger partial charge in [-0.25, -0.2) is 0 Å². The van der Waals surface area contributed by atoms with Crippen LogP contribution in [0.3, 0.4) is 0 Å². The molecule has 0 fully saturated rings. The van der Waals surface area contributed by atoms with E-state index in [2.05, 4.69) is 109 Å². The number of rotatable bonds is 5. The van der Waals surface area contributed by atoms with Crippen molar-refractivity contribution in [2.24, 2.45) is 0 Å². The third-order valence-electron chi connectivity index (χ3n) is 4.79. The van der Waals surface area contributed by atoms with Crippen LogP contribution in [-0.2, 0) is 5.41 Å². The van der Waals surface area contributed by atoms with Crippen LogP contribution in [0.15, 0.2) is 60.7 Å². The zero-order chi connectivity index (χ0) is 19.3. The first kappa shape index (κ1) is 20.2. The molecular formula is C26H34. The number of hydrogen-bond donors (Lipinski definition) is 0. The molecule has 0 saturated carbocycles. The maximum Gasteiger partial charge on any atom is -0.0125 e. The van der Waals surface area contributed by atoms with Gasteiger partial charge in [-0.2, -0.15) is 0 Å². The summed E-state index contributed by atoms with van der Waals surface area (Å²) >= 11 is 0. The fraction of sp³-hybridized carbons (Fsp3) is 0.385. The maximum absolute atomic E-state index is 2.44. The maximum atomic E-state index is 2.44. The zero-order valence-corrected chi connectivity index (χ0v) is 17.6. The van der Waals surface area contributed by atoms with Crippen molar-refractivity contribution < 1.29 is 0 Å².